The van der Waals surface area contributed by atoms with E-state index in [9.17, 15) is 0 Å². The predicted octanol–water partition coefficient (Wildman–Crippen LogP) is 2.65. The zero-order valence-corrected chi connectivity index (χ0v) is 10.7. The summed E-state index contributed by atoms with van der Waals surface area (Å²) in [4.78, 5) is 8.72. The van der Waals surface area contributed by atoms with Gasteiger partial charge >= 0.3 is 0 Å². The van der Waals surface area contributed by atoms with Crippen LogP contribution >= 0.6 is 11.8 Å². The second kappa shape index (κ2) is 5.95. The third-order valence-electron chi connectivity index (χ3n) is 2.21. The Morgan fingerprint density at radius 2 is 2.20 bits per heavy atom. The number of rotatable bonds is 5. The zero-order valence-electron chi connectivity index (χ0n) is 9.87. The van der Waals surface area contributed by atoms with Crippen LogP contribution in [-0.4, -0.2) is 28.0 Å². The summed E-state index contributed by atoms with van der Waals surface area (Å²) >= 11 is 1.87. The molecule has 0 aliphatic heterocycles. The van der Waals surface area contributed by atoms with Crippen molar-refractivity contribution in [1.82, 2.24) is 9.97 Å². The second-order valence-corrected chi connectivity index (χ2v) is 4.76. The van der Waals surface area contributed by atoms with Crippen molar-refractivity contribution in [2.24, 2.45) is 0 Å². The fraction of sp³-hybridized carbons (Fsp3) is 0.636. The topological polar surface area (TPSA) is 37.8 Å². The van der Waals surface area contributed by atoms with Crippen molar-refractivity contribution < 1.29 is 0 Å². The standard InChI is InChI=1S/C11H19N3S/c1-8(5-6-15-4)13-11-10(3)12-7-9(2)14-11/h7-8H,5-6H2,1-4H3,(H,13,14). The van der Waals surface area contributed by atoms with Gasteiger partial charge < -0.3 is 5.32 Å². The molecule has 1 aromatic heterocycles. The minimum absolute atomic E-state index is 0.451. The van der Waals surface area contributed by atoms with Crippen LogP contribution < -0.4 is 5.32 Å². The number of hydrogen-bond donors (Lipinski definition) is 1. The highest BCUT2D eigenvalue weighted by Crippen LogP contribution is 2.12. The quantitative estimate of drug-likeness (QED) is 0.836. The number of nitrogens with one attached hydrogen (secondary N) is 1. The molecule has 3 nitrogen and oxygen atoms in total. The maximum Gasteiger partial charge on any atom is 0.147 e. The Morgan fingerprint density at radius 3 is 2.87 bits per heavy atom. The van der Waals surface area contributed by atoms with Crippen LogP contribution in [0.5, 0.6) is 0 Å². The molecule has 0 saturated heterocycles. The van der Waals surface area contributed by atoms with Crippen LogP contribution in [0.2, 0.25) is 0 Å². The summed E-state index contributed by atoms with van der Waals surface area (Å²) in [7, 11) is 0. The molecule has 84 valence electrons. The lowest BCUT2D eigenvalue weighted by atomic mass is 10.2. The average molecular weight is 225 g/mol. The van der Waals surface area contributed by atoms with Crippen LogP contribution in [0.4, 0.5) is 5.82 Å². The lowest BCUT2D eigenvalue weighted by Gasteiger charge is -2.15. The number of aromatic nitrogens is 2. The summed E-state index contributed by atoms with van der Waals surface area (Å²) < 4.78 is 0. The van der Waals surface area contributed by atoms with Gasteiger partial charge in [-0.05, 0) is 39.2 Å². The molecule has 0 amide bonds. The van der Waals surface area contributed by atoms with E-state index < -0.39 is 0 Å². The summed E-state index contributed by atoms with van der Waals surface area (Å²) in [5.41, 5.74) is 1.93. The van der Waals surface area contributed by atoms with E-state index in [1.54, 1.807) is 6.20 Å². The molecule has 0 aromatic carbocycles. The number of anilines is 1. The van der Waals surface area contributed by atoms with E-state index in [0.29, 0.717) is 6.04 Å². The number of hydrogen-bond acceptors (Lipinski definition) is 4. The van der Waals surface area contributed by atoms with Crippen molar-refractivity contribution in [1.29, 1.82) is 0 Å². The third-order valence-corrected chi connectivity index (χ3v) is 2.86. The van der Waals surface area contributed by atoms with Gasteiger partial charge in [0.1, 0.15) is 5.82 Å². The van der Waals surface area contributed by atoms with Gasteiger partial charge in [0, 0.05) is 12.2 Å². The van der Waals surface area contributed by atoms with Crippen molar-refractivity contribution in [2.45, 2.75) is 33.2 Å². The number of aryl methyl sites for hydroxylation is 2. The summed E-state index contributed by atoms with van der Waals surface area (Å²) in [6.45, 7) is 6.12. The molecule has 0 radical (unpaired) electrons. The van der Waals surface area contributed by atoms with Crippen molar-refractivity contribution in [3.63, 3.8) is 0 Å². The SMILES string of the molecule is CSCCC(C)Nc1nc(C)cnc1C. The average Bonchev–Trinajstić information content (AvgIpc) is 2.20. The van der Waals surface area contributed by atoms with Crippen LogP contribution in [0.1, 0.15) is 24.7 Å². The molecule has 1 unspecified atom stereocenters. The molecule has 1 heterocycles. The van der Waals surface area contributed by atoms with Crippen molar-refractivity contribution in [3.8, 4) is 0 Å². The normalized spacial score (nSPS) is 12.5. The summed E-state index contributed by atoms with van der Waals surface area (Å²) in [5, 5.41) is 3.40. The monoisotopic (exact) mass is 225 g/mol. The van der Waals surface area contributed by atoms with Crippen LogP contribution in [0.3, 0.4) is 0 Å². The smallest absolute Gasteiger partial charge is 0.147 e. The first kappa shape index (κ1) is 12.3. The number of thioether (sulfide) groups is 1. The molecule has 0 bridgehead atoms. The van der Waals surface area contributed by atoms with Gasteiger partial charge in [-0.2, -0.15) is 11.8 Å². The van der Waals surface area contributed by atoms with Crippen molar-refractivity contribution in [3.05, 3.63) is 17.6 Å². The Balaban J connectivity index is 2.59. The van der Waals surface area contributed by atoms with Gasteiger partial charge in [-0.3, -0.25) is 4.98 Å². The predicted molar refractivity (Wildman–Crippen MR) is 67.6 cm³/mol. The Hall–Kier alpha value is -0.770. The Morgan fingerprint density at radius 1 is 1.47 bits per heavy atom. The first-order chi connectivity index (χ1) is 7.13. The minimum atomic E-state index is 0.451. The van der Waals surface area contributed by atoms with E-state index in [1.807, 2.05) is 25.6 Å². The Labute approximate surface area is 96.1 Å². The van der Waals surface area contributed by atoms with Gasteiger partial charge in [0.25, 0.3) is 0 Å². The molecule has 4 heteroatoms. The first-order valence-electron chi connectivity index (χ1n) is 5.19. The summed E-state index contributed by atoms with van der Waals surface area (Å²) in [5.74, 6) is 2.09. The van der Waals surface area contributed by atoms with E-state index in [1.165, 1.54) is 5.75 Å². The van der Waals surface area contributed by atoms with Crippen LogP contribution in [-0.2, 0) is 0 Å². The third kappa shape index (κ3) is 4.08. The van der Waals surface area contributed by atoms with Crippen molar-refractivity contribution in [2.75, 3.05) is 17.3 Å². The van der Waals surface area contributed by atoms with Gasteiger partial charge in [-0.15, -0.1) is 0 Å². The van der Waals surface area contributed by atoms with Crippen LogP contribution in [0.25, 0.3) is 0 Å². The molecule has 0 aliphatic carbocycles. The molecule has 1 aromatic rings. The minimum Gasteiger partial charge on any atom is -0.366 e. The van der Waals surface area contributed by atoms with E-state index >= 15 is 0 Å². The Bertz CT molecular complexity index is 315. The summed E-state index contributed by atoms with van der Waals surface area (Å²) in [6, 6.07) is 0.451. The lowest BCUT2D eigenvalue weighted by molar-refractivity contribution is 0.762. The van der Waals surface area contributed by atoms with Gasteiger partial charge in [0.2, 0.25) is 0 Å². The van der Waals surface area contributed by atoms with Crippen LogP contribution in [0, 0.1) is 13.8 Å². The molecule has 0 fully saturated rings. The molecule has 0 aliphatic rings. The van der Waals surface area contributed by atoms with E-state index in [0.717, 1.165) is 23.6 Å². The molecular weight excluding hydrogens is 206 g/mol. The maximum absolute atomic E-state index is 4.44. The fourth-order valence-corrected chi connectivity index (χ4v) is 1.86. The van der Waals surface area contributed by atoms with E-state index in [2.05, 4.69) is 28.5 Å². The van der Waals surface area contributed by atoms with Gasteiger partial charge in [-0.25, -0.2) is 4.98 Å². The molecular formula is C11H19N3S. The highest BCUT2D eigenvalue weighted by Gasteiger charge is 2.06. The second-order valence-electron chi connectivity index (χ2n) is 3.77. The molecule has 0 saturated carbocycles. The summed E-state index contributed by atoms with van der Waals surface area (Å²) in [6.07, 6.45) is 5.08. The molecule has 1 atom stereocenters. The lowest BCUT2D eigenvalue weighted by Crippen LogP contribution is -2.18. The van der Waals surface area contributed by atoms with Crippen molar-refractivity contribution >= 4 is 17.6 Å². The largest absolute Gasteiger partial charge is 0.366 e. The van der Waals surface area contributed by atoms with Gasteiger partial charge in [0.15, 0.2) is 0 Å². The fourth-order valence-electron chi connectivity index (χ4n) is 1.27. The number of nitrogens with zero attached hydrogens (tertiary/aromatic N) is 2. The van der Waals surface area contributed by atoms with E-state index in [4.69, 9.17) is 0 Å². The zero-order chi connectivity index (χ0) is 11.3. The molecule has 0 spiro atoms. The molecule has 15 heavy (non-hydrogen) atoms. The maximum atomic E-state index is 4.44. The molecule has 1 rings (SSSR count). The van der Waals surface area contributed by atoms with E-state index in [-0.39, 0.29) is 0 Å². The van der Waals surface area contributed by atoms with Gasteiger partial charge in [-0.1, -0.05) is 0 Å². The van der Waals surface area contributed by atoms with Gasteiger partial charge in [0.05, 0.1) is 11.4 Å². The first-order valence-corrected chi connectivity index (χ1v) is 6.58. The highest BCUT2D eigenvalue weighted by atomic mass is 32.2. The van der Waals surface area contributed by atoms with Crippen LogP contribution in [0.15, 0.2) is 6.20 Å². The Kier molecular flexibility index (Phi) is 4.88. The highest BCUT2D eigenvalue weighted by molar-refractivity contribution is 7.98. The molecule has 1 N–H and O–H groups in total.